The van der Waals surface area contributed by atoms with Gasteiger partial charge in [0.25, 0.3) is 0 Å². The first kappa shape index (κ1) is 12.8. The second-order valence-electron chi connectivity index (χ2n) is 3.61. The van der Waals surface area contributed by atoms with Gasteiger partial charge in [-0.15, -0.1) is 0 Å². The molecule has 1 aromatic rings. The number of aliphatic hydroxyl groups is 2. The number of nitrogen functional groups attached to an aromatic ring is 1. The predicted molar refractivity (Wildman–Crippen MR) is 61.8 cm³/mol. The number of anilines is 1. The van der Waals surface area contributed by atoms with E-state index in [0.29, 0.717) is 16.3 Å². The van der Waals surface area contributed by atoms with Crippen molar-refractivity contribution in [1.29, 1.82) is 5.26 Å². The fraction of sp³-hybridized carbons (Fsp3) is 0.364. The number of hydrogen-bond donors (Lipinski definition) is 3. The molecular weight excluding hydrogens is 228 g/mol. The van der Waals surface area contributed by atoms with E-state index in [2.05, 4.69) is 0 Å². The molecule has 4 nitrogen and oxygen atoms in total. The number of halogens is 1. The van der Waals surface area contributed by atoms with Crippen molar-refractivity contribution in [1.82, 2.24) is 0 Å². The maximum absolute atomic E-state index is 9.76. The van der Waals surface area contributed by atoms with E-state index in [4.69, 9.17) is 22.6 Å². The maximum Gasteiger partial charge on any atom is 0.106 e. The summed E-state index contributed by atoms with van der Waals surface area (Å²) in [6.07, 6.45) is -2.39. The van der Waals surface area contributed by atoms with Gasteiger partial charge in [-0.05, 0) is 24.1 Å². The van der Waals surface area contributed by atoms with Crippen molar-refractivity contribution in [2.24, 2.45) is 0 Å². The second kappa shape index (κ2) is 5.17. The Morgan fingerprint density at radius 3 is 2.62 bits per heavy atom. The van der Waals surface area contributed by atoms with Gasteiger partial charge in [0.15, 0.2) is 0 Å². The lowest BCUT2D eigenvalue weighted by Gasteiger charge is -2.17. The minimum atomic E-state index is -1.13. The Hall–Kier alpha value is -1.28. The van der Waals surface area contributed by atoms with Gasteiger partial charge in [0.2, 0.25) is 0 Å². The number of nitrogens with zero attached hydrogens (tertiary/aromatic N) is 1. The molecule has 2 unspecified atom stereocenters. The minimum absolute atomic E-state index is 0.137. The highest BCUT2D eigenvalue weighted by atomic mass is 35.5. The zero-order chi connectivity index (χ0) is 12.3. The summed E-state index contributed by atoms with van der Waals surface area (Å²) in [6.45, 7) is 1.76. The molecule has 0 radical (unpaired) electrons. The molecule has 2 atom stereocenters. The summed E-state index contributed by atoms with van der Waals surface area (Å²) >= 11 is 5.86. The molecule has 0 aliphatic rings. The molecule has 4 N–H and O–H groups in total. The van der Waals surface area contributed by atoms with Crippen molar-refractivity contribution in [2.75, 3.05) is 5.73 Å². The van der Waals surface area contributed by atoms with E-state index in [-0.39, 0.29) is 6.42 Å². The van der Waals surface area contributed by atoms with Crippen molar-refractivity contribution in [3.05, 3.63) is 28.3 Å². The van der Waals surface area contributed by atoms with Crippen LogP contribution < -0.4 is 5.73 Å². The summed E-state index contributed by atoms with van der Waals surface area (Å²) in [5, 5.41) is 28.0. The molecule has 16 heavy (non-hydrogen) atoms. The van der Waals surface area contributed by atoms with Crippen molar-refractivity contribution >= 4 is 17.3 Å². The Morgan fingerprint density at radius 2 is 2.12 bits per heavy atom. The monoisotopic (exact) mass is 240 g/mol. The summed E-state index contributed by atoms with van der Waals surface area (Å²) in [5.74, 6) is 0. The third-order valence-electron chi connectivity index (χ3n) is 2.37. The van der Waals surface area contributed by atoms with Gasteiger partial charge in [-0.3, -0.25) is 0 Å². The van der Waals surface area contributed by atoms with Crippen LogP contribution in [0.15, 0.2) is 12.1 Å². The first-order valence-electron chi connectivity index (χ1n) is 4.76. The van der Waals surface area contributed by atoms with Crippen LogP contribution in [0.25, 0.3) is 0 Å². The largest absolute Gasteiger partial charge is 0.397 e. The average Bonchev–Trinajstić information content (AvgIpc) is 2.24. The topological polar surface area (TPSA) is 90.3 Å². The van der Waals surface area contributed by atoms with Gasteiger partial charge in [0.1, 0.15) is 6.10 Å². The van der Waals surface area contributed by atoms with Crippen molar-refractivity contribution in [3.63, 3.8) is 0 Å². The van der Waals surface area contributed by atoms with E-state index in [0.717, 1.165) is 5.56 Å². The van der Waals surface area contributed by atoms with Crippen LogP contribution >= 0.6 is 11.6 Å². The van der Waals surface area contributed by atoms with Crippen molar-refractivity contribution in [2.45, 2.75) is 25.6 Å². The lowest BCUT2D eigenvalue weighted by atomic mass is 10.00. The summed E-state index contributed by atoms with van der Waals surface area (Å²) in [7, 11) is 0. The molecule has 0 heterocycles. The molecule has 0 bridgehead atoms. The quantitative estimate of drug-likeness (QED) is 0.699. The first-order valence-corrected chi connectivity index (χ1v) is 5.13. The van der Waals surface area contributed by atoms with Gasteiger partial charge in [0, 0.05) is 0 Å². The molecule has 1 rings (SSSR count). The van der Waals surface area contributed by atoms with E-state index in [1.165, 1.54) is 6.07 Å². The molecule has 5 heteroatoms. The average molecular weight is 241 g/mol. The maximum atomic E-state index is 9.76. The van der Waals surface area contributed by atoms with Gasteiger partial charge in [-0.1, -0.05) is 17.7 Å². The Bertz CT molecular complexity index is 405. The normalized spacial score (nSPS) is 14.2. The van der Waals surface area contributed by atoms with Crippen LogP contribution in [0.1, 0.15) is 23.7 Å². The van der Waals surface area contributed by atoms with Crippen LogP contribution in [0.3, 0.4) is 0 Å². The van der Waals surface area contributed by atoms with E-state index >= 15 is 0 Å². The van der Waals surface area contributed by atoms with Crippen LogP contribution in [0.5, 0.6) is 0 Å². The molecule has 1 aromatic carbocycles. The van der Waals surface area contributed by atoms with Gasteiger partial charge in [0.05, 0.1) is 29.3 Å². The Kier molecular flexibility index (Phi) is 4.13. The zero-order valence-electron chi connectivity index (χ0n) is 8.81. The lowest BCUT2D eigenvalue weighted by Crippen LogP contribution is -2.17. The zero-order valence-corrected chi connectivity index (χ0v) is 9.57. The molecule has 0 spiro atoms. The molecule has 0 amide bonds. The molecule has 0 aromatic heterocycles. The van der Waals surface area contributed by atoms with Crippen LogP contribution in [-0.4, -0.2) is 16.3 Å². The van der Waals surface area contributed by atoms with Gasteiger partial charge in [-0.2, -0.15) is 5.26 Å². The highest BCUT2D eigenvalue weighted by molar-refractivity contribution is 6.33. The Balaban J connectivity index is 3.01. The summed E-state index contributed by atoms with van der Waals surface area (Å²) < 4.78 is 0. The van der Waals surface area contributed by atoms with Crippen LogP contribution in [0.4, 0.5) is 5.69 Å². The number of aryl methyl sites for hydroxylation is 1. The summed E-state index contributed by atoms with van der Waals surface area (Å²) in [5.41, 5.74) is 7.29. The second-order valence-corrected chi connectivity index (χ2v) is 4.01. The van der Waals surface area contributed by atoms with E-state index in [1.807, 2.05) is 0 Å². The standard InChI is InChI=1S/C11H13ClN2O2/c1-6-4-7(5-8(12)10(6)14)11(16)9(15)2-3-13/h4-5,9,11,15-16H,2,14H2,1H3. The number of rotatable bonds is 3. The molecular formula is C11H13ClN2O2. The minimum Gasteiger partial charge on any atom is -0.397 e. The van der Waals surface area contributed by atoms with Gasteiger partial charge >= 0.3 is 0 Å². The molecule has 0 saturated carbocycles. The van der Waals surface area contributed by atoms with Gasteiger partial charge < -0.3 is 15.9 Å². The van der Waals surface area contributed by atoms with Gasteiger partial charge in [-0.25, -0.2) is 0 Å². The predicted octanol–water partition coefficient (Wildman–Crippen LogP) is 1.54. The number of aliphatic hydroxyl groups excluding tert-OH is 2. The molecule has 0 aliphatic heterocycles. The highest BCUT2D eigenvalue weighted by Gasteiger charge is 2.19. The van der Waals surface area contributed by atoms with Crippen molar-refractivity contribution < 1.29 is 10.2 Å². The number of benzene rings is 1. The van der Waals surface area contributed by atoms with Crippen LogP contribution in [0, 0.1) is 18.3 Å². The van der Waals surface area contributed by atoms with E-state index in [1.54, 1.807) is 19.1 Å². The van der Waals surface area contributed by atoms with Crippen molar-refractivity contribution in [3.8, 4) is 6.07 Å². The van der Waals surface area contributed by atoms with Crippen LogP contribution in [0.2, 0.25) is 5.02 Å². The smallest absolute Gasteiger partial charge is 0.106 e. The molecule has 86 valence electrons. The summed E-state index contributed by atoms with van der Waals surface area (Å²) in [6, 6.07) is 4.93. The molecule has 0 saturated heterocycles. The SMILES string of the molecule is Cc1cc(C(O)C(O)CC#N)cc(Cl)c1N. The van der Waals surface area contributed by atoms with E-state index in [9.17, 15) is 10.2 Å². The number of hydrogen-bond acceptors (Lipinski definition) is 4. The van der Waals surface area contributed by atoms with E-state index < -0.39 is 12.2 Å². The third kappa shape index (κ3) is 2.64. The number of nitrogens with two attached hydrogens (primary N) is 1. The first-order chi connectivity index (χ1) is 7.47. The number of nitriles is 1. The van der Waals surface area contributed by atoms with Crippen LogP contribution in [-0.2, 0) is 0 Å². The fourth-order valence-corrected chi connectivity index (χ4v) is 1.65. The molecule has 0 aliphatic carbocycles. The third-order valence-corrected chi connectivity index (χ3v) is 2.68. The fourth-order valence-electron chi connectivity index (χ4n) is 1.38. The highest BCUT2D eigenvalue weighted by Crippen LogP contribution is 2.29. The summed E-state index contributed by atoms with van der Waals surface area (Å²) in [4.78, 5) is 0. The Morgan fingerprint density at radius 1 is 1.50 bits per heavy atom. The Labute approximate surface area is 98.9 Å². The lowest BCUT2D eigenvalue weighted by molar-refractivity contribution is 0.0216. The molecule has 0 fully saturated rings.